The van der Waals surface area contributed by atoms with Crippen LogP contribution in [0.1, 0.15) is 0 Å². The second-order valence-corrected chi connectivity index (χ2v) is 11.0. The highest BCUT2D eigenvalue weighted by Gasteiger charge is 2.17. The molecular weight excluding hydrogens is 568 g/mol. The molecule has 0 aliphatic heterocycles. The molecule has 0 saturated carbocycles. The van der Waals surface area contributed by atoms with Crippen LogP contribution < -0.4 is 11.1 Å². The smallest absolute Gasteiger partial charge is 0.266 e. The Balaban J connectivity index is 1.31. The van der Waals surface area contributed by atoms with Gasteiger partial charge in [0.05, 0.1) is 33.2 Å². The summed E-state index contributed by atoms with van der Waals surface area (Å²) >= 11 is 0. The molecule has 6 aromatic carbocycles. The van der Waals surface area contributed by atoms with Gasteiger partial charge in [0.25, 0.3) is 11.1 Å². The predicted molar refractivity (Wildman–Crippen MR) is 185 cm³/mol. The summed E-state index contributed by atoms with van der Waals surface area (Å²) < 4.78 is 3.35. The van der Waals surface area contributed by atoms with Crippen molar-refractivity contribution < 1.29 is 0 Å². The summed E-state index contributed by atoms with van der Waals surface area (Å²) in [4.78, 5) is 37.9. The second kappa shape index (κ2) is 11.3. The average Bonchev–Trinajstić information content (AvgIpc) is 3.12. The molecule has 0 unspecified atom stereocenters. The maximum atomic E-state index is 14.0. The summed E-state index contributed by atoms with van der Waals surface area (Å²) in [6, 6.07) is 50.0. The molecule has 2 heterocycles. The first-order valence-corrected chi connectivity index (χ1v) is 15.0. The first kappa shape index (κ1) is 27.2. The van der Waals surface area contributed by atoms with Crippen LogP contribution >= 0.6 is 0 Å². The van der Waals surface area contributed by atoms with Crippen molar-refractivity contribution in [2.75, 3.05) is 0 Å². The minimum absolute atomic E-state index is 0.142. The molecule has 8 aromatic rings. The molecule has 0 saturated heterocycles. The van der Waals surface area contributed by atoms with E-state index in [1.807, 2.05) is 158 Å². The highest BCUT2D eigenvalue weighted by Crippen LogP contribution is 2.29. The molecule has 6 nitrogen and oxygen atoms in total. The first-order chi connectivity index (χ1) is 22.7. The third kappa shape index (κ3) is 4.69. The van der Waals surface area contributed by atoms with Crippen molar-refractivity contribution in [2.45, 2.75) is 0 Å². The van der Waals surface area contributed by atoms with E-state index in [1.54, 1.807) is 9.13 Å². The normalized spacial score (nSPS) is 11.2. The molecule has 2 aromatic heterocycles. The van der Waals surface area contributed by atoms with E-state index in [-0.39, 0.29) is 11.1 Å². The van der Waals surface area contributed by atoms with E-state index in [4.69, 9.17) is 9.97 Å². The fourth-order valence-corrected chi connectivity index (χ4v) is 5.96. The van der Waals surface area contributed by atoms with E-state index in [9.17, 15) is 9.59 Å². The van der Waals surface area contributed by atoms with Crippen molar-refractivity contribution >= 4 is 21.8 Å². The van der Waals surface area contributed by atoms with E-state index in [1.165, 1.54) is 0 Å². The first-order valence-electron chi connectivity index (χ1n) is 15.0. The van der Waals surface area contributed by atoms with Crippen LogP contribution in [0.4, 0.5) is 0 Å². The van der Waals surface area contributed by atoms with Crippen molar-refractivity contribution in [1.82, 2.24) is 19.1 Å². The lowest BCUT2D eigenvalue weighted by Crippen LogP contribution is -2.22. The summed E-state index contributed by atoms with van der Waals surface area (Å²) in [6.45, 7) is 0. The fourth-order valence-electron chi connectivity index (χ4n) is 5.96. The van der Waals surface area contributed by atoms with Gasteiger partial charge in [-0.25, -0.2) is 9.97 Å². The van der Waals surface area contributed by atoms with Crippen LogP contribution in [0.2, 0.25) is 0 Å². The molecule has 0 bridgehead atoms. The van der Waals surface area contributed by atoms with E-state index in [0.717, 1.165) is 22.3 Å². The summed E-state index contributed by atoms with van der Waals surface area (Å²) in [5.74, 6) is 1.13. The van der Waals surface area contributed by atoms with Gasteiger partial charge in [-0.15, -0.1) is 0 Å². The lowest BCUT2D eigenvalue weighted by molar-refractivity contribution is 0.974. The second-order valence-electron chi connectivity index (χ2n) is 11.0. The largest absolute Gasteiger partial charge is 0.268 e. The lowest BCUT2D eigenvalue weighted by atomic mass is 10.0. The summed E-state index contributed by atoms with van der Waals surface area (Å²) in [6.07, 6.45) is 0. The quantitative estimate of drug-likeness (QED) is 0.202. The van der Waals surface area contributed by atoms with Crippen molar-refractivity contribution in [3.8, 4) is 45.3 Å². The van der Waals surface area contributed by atoms with Crippen LogP contribution in [-0.2, 0) is 0 Å². The van der Waals surface area contributed by atoms with Crippen molar-refractivity contribution in [3.05, 3.63) is 178 Å². The molecule has 0 spiro atoms. The highest BCUT2D eigenvalue weighted by atomic mass is 16.1. The zero-order valence-electron chi connectivity index (χ0n) is 24.6. The van der Waals surface area contributed by atoms with Crippen LogP contribution in [0.3, 0.4) is 0 Å². The molecule has 0 aliphatic rings. The molecule has 0 amide bonds. The van der Waals surface area contributed by atoms with Gasteiger partial charge in [-0.1, -0.05) is 109 Å². The molecule has 218 valence electrons. The van der Waals surface area contributed by atoms with Gasteiger partial charge in [0.2, 0.25) is 0 Å². The Morgan fingerprint density at radius 3 is 1.17 bits per heavy atom. The molecule has 0 aliphatic carbocycles. The molecule has 0 radical (unpaired) electrons. The maximum absolute atomic E-state index is 14.0. The zero-order valence-corrected chi connectivity index (χ0v) is 24.6. The van der Waals surface area contributed by atoms with Crippen LogP contribution in [0.5, 0.6) is 0 Å². The third-order valence-electron chi connectivity index (χ3n) is 8.16. The number of nitrogens with zero attached hydrogens (tertiary/aromatic N) is 4. The predicted octanol–water partition coefficient (Wildman–Crippen LogP) is 8.09. The Labute approximate surface area is 264 Å². The summed E-state index contributed by atoms with van der Waals surface area (Å²) in [7, 11) is 0. The van der Waals surface area contributed by atoms with Gasteiger partial charge in [-0.3, -0.25) is 18.7 Å². The lowest BCUT2D eigenvalue weighted by Gasteiger charge is -2.16. The van der Waals surface area contributed by atoms with Gasteiger partial charge in [-0.05, 0) is 59.7 Å². The Morgan fingerprint density at radius 2 is 0.739 bits per heavy atom. The van der Waals surface area contributed by atoms with Gasteiger partial charge < -0.3 is 0 Å². The SMILES string of the molecule is O=c1c2ccccc2nc(-c2ccccc2)n1-c1cccc(-c2cccc(-n3c(-c4ccccc4)nc4ccccc4c3=O)c2)c1. The Bertz CT molecular complexity index is 2340. The standard InChI is InChI=1S/C40H26N4O2/c45-39-33-21-7-9-23-35(33)41-37(27-13-3-1-4-14-27)43(39)31-19-11-17-29(25-31)30-18-12-20-32(26-30)44-38(28-15-5-2-6-16-28)42-36-24-10-8-22-34(36)40(44)46/h1-26H. The van der Waals surface area contributed by atoms with E-state index >= 15 is 0 Å². The monoisotopic (exact) mass is 594 g/mol. The minimum atomic E-state index is -0.142. The molecule has 0 N–H and O–H groups in total. The Hall–Kier alpha value is -6.40. The number of hydrogen-bond acceptors (Lipinski definition) is 4. The van der Waals surface area contributed by atoms with E-state index < -0.39 is 0 Å². The van der Waals surface area contributed by atoms with Gasteiger partial charge in [0, 0.05) is 11.1 Å². The van der Waals surface area contributed by atoms with E-state index in [2.05, 4.69) is 0 Å². The third-order valence-corrected chi connectivity index (χ3v) is 8.16. The zero-order chi connectivity index (χ0) is 31.0. The topological polar surface area (TPSA) is 69.8 Å². The number of rotatable bonds is 5. The van der Waals surface area contributed by atoms with Crippen LogP contribution in [0.15, 0.2) is 167 Å². The minimum Gasteiger partial charge on any atom is -0.268 e. The average molecular weight is 595 g/mol. The molecule has 8 rings (SSSR count). The Kier molecular flexibility index (Phi) is 6.65. The van der Waals surface area contributed by atoms with Crippen molar-refractivity contribution in [1.29, 1.82) is 0 Å². The van der Waals surface area contributed by atoms with Gasteiger partial charge >= 0.3 is 0 Å². The number of hydrogen-bond donors (Lipinski definition) is 0. The van der Waals surface area contributed by atoms with Crippen LogP contribution in [0.25, 0.3) is 67.1 Å². The van der Waals surface area contributed by atoms with Crippen molar-refractivity contribution in [3.63, 3.8) is 0 Å². The highest BCUT2D eigenvalue weighted by molar-refractivity contribution is 5.82. The van der Waals surface area contributed by atoms with E-state index in [0.29, 0.717) is 44.8 Å². The molecule has 6 heteroatoms. The Morgan fingerprint density at radius 1 is 0.370 bits per heavy atom. The van der Waals surface area contributed by atoms with Crippen LogP contribution in [0, 0.1) is 0 Å². The molecular formula is C40H26N4O2. The number of para-hydroxylation sites is 2. The summed E-state index contributed by atoms with van der Waals surface area (Å²) in [5, 5.41) is 1.09. The van der Waals surface area contributed by atoms with Crippen LogP contribution in [-0.4, -0.2) is 19.1 Å². The molecule has 0 atom stereocenters. The maximum Gasteiger partial charge on any atom is 0.266 e. The van der Waals surface area contributed by atoms with Crippen molar-refractivity contribution in [2.24, 2.45) is 0 Å². The van der Waals surface area contributed by atoms with Gasteiger partial charge in [0.1, 0.15) is 11.6 Å². The number of fused-ring (bicyclic) bond motifs is 2. The molecule has 0 fully saturated rings. The fraction of sp³-hybridized carbons (Fsp3) is 0. The molecule has 46 heavy (non-hydrogen) atoms. The summed E-state index contributed by atoms with van der Waals surface area (Å²) in [5.41, 5.74) is 5.87. The number of benzene rings is 6. The van der Waals surface area contributed by atoms with Gasteiger partial charge in [0.15, 0.2) is 0 Å². The van der Waals surface area contributed by atoms with Gasteiger partial charge in [-0.2, -0.15) is 0 Å². The number of aromatic nitrogens is 4.